The van der Waals surface area contributed by atoms with Gasteiger partial charge in [-0.15, -0.1) is 0 Å². The molecule has 1 spiro atoms. The fraction of sp³-hybridized carbons (Fsp3) is 0.731. The van der Waals surface area contributed by atoms with Gasteiger partial charge in [-0.3, -0.25) is 4.90 Å². The van der Waals surface area contributed by atoms with Crippen LogP contribution in [-0.2, 0) is 5.54 Å². The number of carbonyl (C=O) groups excluding carboxylic acids is 1. The maximum Gasteiger partial charge on any atom is 0.320 e. The number of hydrogen-bond donors (Lipinski definition) is 1. The molecule has 0 aromatic heterocycles. The van der Waals surface area contributed by atoms with E-state index in [9.17, 15) is 4.79 Å². The summed E-state index contributed by atoms with van der Waals surface area (Å²) in [6.07, 6.45) is 9.50. The van der Waals surface area contributed by atoms with Gasteiger partial charge in [0.1, 0.15) is 0 Å². The number of urea groups is 1. The van der Waals surface area contributed by atoms with Crippen molar-refractivity contribution in [2.75, 3.05) is 46.8 Å². The van der Waals surface area contributed by atoms with Crippen LogP contribution in [0, 0.1) is 11.8 Å². The number of carbonyl (C=O) groups is 1. The molecule has 0 bridgehead atoms. The topological polar surface area (TPSA) is 38.8 Å². The van der Waals surface area contributed by atoms with Gasteiger partial charge in [0, 0.05) is 25.2 Å². The fourth-order valence-electron chi connectivity index (χ4n) is 6.53. The standard InChI is InChI=1S/C26H40N4O/c1-28(2)26(23-6-4-3-5-7-23)14-12-25(13-15-26)20-29(18-22-10-16-27-17-11-22)24(31)30(25)19-21-8-9-21/h3-7,21-22,27H,8-20H2,1-2H3/t25-,26-. The second-order valence-electron chi connectivity index (χ2n) is 10.9. The number of nitrogens with zero attached hydrogens (tertiary/aromatic N) is 3. The van der Waals surface area contributed by atoms with Gasteiger partial charge in [0.25, 0.3) is 0 Å². The Morgan fingerprint density at radius 1 is 0.935 bits per heavy atom. The van der Waals surface area contributed by atoms with E-state index in [1.165, 1.54) is 31.2 Å². The molecule has 1 N–H and O–H groups in total. The molecule has 4 aliphatic rings. The maximum absolute atomic E-state index is 13.6. The Morgan fingerprint density at radius 2 is 1.58 bits per heavy atom. The van der Waals surface area contributed by atoms with Gasteiger partial charge in [0.05, 0.1) is 5.54 Å². The van der Waals surface area contributed by atoms with Crippen molar-refractivity contribution in [3.63, 3.8) is 0 Å². The smallest absolute Gasteiger partial charge is 0.320 e. The highest BCUT2D eigenvalue weighted by Crippen LogP contribution is 2.50. The lowest BCUT2D eigenvalue weighted by Crippen LogP contribution is -2.55. The summed E-state index contributed by atoms with van der Waals surface area (Å²) in [7, 11) is 4.46. The average molecular weight is 425 g/mol. The van der Waals surface area contributed by atoms with E-state index in [4.69, 9.17) is 0 Å². The maximum atomic E-state index is 13.6. The molecule has 2 aliphatic carbocycles. The van der Waals surface area contributed by atoms with E-state index in [0.717, 1.165) is 64.3 Å². The quantitative estimate of drug-likeness (QED) is 0.753. The molecule has 2 aliphatic heterocycles. The Labute approximate surface area is 188 Å². The van der Waals surface area contributed by atoms with Crippen molar-refractivity contribution in [2.24, 2.45) is 11.8 Å². The number of nitrogens with one attached hydrogen (secondary N) is 1. The van der Waals surface area contributed by atoms with Gasteiger partial charge in [0.15, 0.2) is 0 Å². The SMILES string of the molecule is CN(C)[C@]1(c2ccccc2)CC[C@@]2(CC1)CN(CC1CCNCC1)C(=O)N2CC1CC1. The Bertz CT molecular complexity index is 761. The molecular formula is C26H40N4O. The van der Waals surface area contributed by atoms with Crippen LogP contribution in [0.25, 0.3) is 0 Å². The molecule has 2 amide bonds. The lowest BCUT2D eigenvalue weighted by atomic mass is 9.68. The van der Waals surface area contributed by atoms with Gasteiger partial charge in [-0.25, -0.2) is 4.79 Å². The van der Waals surface area contributed by atoms with Crippen LogP contribution in [-0.4, -0.2) is 73.1 Å². The first-order valence-electron chi connectivity index (χ1n) is 12.5. The fourth-order valence-corrected chi connectivity index (χ4v) is 6.53. The third-order valence-corrected chi connectivity index (χ3v) is 8.81. The van der Waals surface area contributed by atoms with Crippen LogP contribution in [0.15, 0.2) is 30.3 Å². The van der Waals surface area contributed by atoms with E-state index in [-0.39, 0.29) is 11.1 Å². The molecule has 2 saturated carbocycles. The lowest BCUT2D eigenvalue weighted by Gasteiger charge is -2.51. The average Bonchev–Trinajstić information content (AvgIpc) is 3.59. The third-order valence-electron chi connectivity index (χ3n) is 8.81. The Kier molecular flexibility index (Phi) is 5.76. The highest BCUT2D eigenvalue weighted by molar-refractivity contribution is 5.78. The predicted octanol–water partition coefficient (Wildman–Crippen LogP) is 3.90. The third kappa shape index (κ3) is 4.00. The Hall–Kier alpha value is -1.59. The second kappa shape index (κ2) is 8.40. The van der Waals surface area contributed by atoms with Crippen LogP contribution in [0.3, 0.4) is 0 Å². The monoisotopic (exact) mass is 424 g/mol. The molecular weight excluding hydrogens is 384 g/mol. The molecule has 170 valence electrons. The summed E-state index contributed by atoms with van der Waals surface area (Å²) in [5.74, 6) is 1.41. The zero-order chi connectivity index (χ0) is 21.5. The molecule has 0 radical (unpaired) electrons. The first kappa shape index (κ1) is 21.3. The van der Waals surface area contributed by atoms with Crippen molar-refractivity contribution >= 4 is 6.03 Å². The Morgan fingerprint density at radius 3 is 2.19 bits per heavy atom. The molecule has 0 unspecified atom stereocenters. The number of rotatable bonds is 6. The van der Waals surface area contributed by atoms with E-state index in [1.807, 2.05) is 0 Å². The number of hydrogen-bond acceptors (Lipinski definition) is 3. The van der Waals surface area contributed by atoms with E-state index >= 15 is 0 Å². The summed E-state index contributed by atoms with van der Waals surface area (Å²) >= 11 is 0. The highest BCUT2D eigenvalue weighted by Gasteiger charge is 2.55. The van der Waals surface area contributed by atoms with Crippen molar-refractivity contribution < 1.29 is 4.79 Å². The van der Waals surface area contributed by atoms with E-state index < -0.39 is 0 Å². The summed E-state index contributed by atoms with van der Waals surface area (Å²) < 4.78 is 0. The van der Waals surface area contributed by atoms with Crippen LogP contribution >= 0.6 is 0 Å². The van der Waals surface area contributed by atoms with E-state index in [0.29, 0.717) is 11.9 Å². The van der Waals surface area contributed by atoms with Gasteiger partial charge >= 0.3 is 6.03 Å². The Balaban J connectivity index is 1.36. The summed E-state index contributed by atoms with van der Waals surface area (Å²) in [5.41, 5.74) is 1.56. The molecule has 5 heteroatoms. The summed E-state index contributed by atoms with van der Waals surface area (Å²) in [6.45, 7) is 5.10. The normalized spacial score (nSPS) is 32.4. The molecule has 1 aromatic carbocycles. The number of amides is 2. The minimum absolute atomic E-state index is 0.0425. The van der Waals surface area contributed by atoms with Crippen LogP contribution < -0.4 is 5.32 Å². The van der Waals surface area contributed by atoms with Gasteiger partial charge in [0.2, 0.25) is 0 Å². The summed E-state index contributed by atoms with van der Waals surface area (Å²) in [6, 6.07) is 11.4. The minimum atomic E-state index is 0.0425. The second-order valence-corrected chi connectivity index (χ2v) is 10.9. The van der Waals surface area contributed by atoms with Gasteiger partial charge in [-0.2, -0.15) is 0 Å². The zero-order valence-electron chi connectivity index (χ0n) is 19.5. The molecule has 31 heavy (non-hydrogen) atoms. The van der Waals surface area contributed by atoms with Crippen LogP contribution in [0.2, 0.25) is 0 Å². The van der Waals surface area contributed by atoms with Gasteiger partial charge < -0.3 is 15.1 Å². The number of benzene rings is 1. The van der Waals surface area contributed by atoms with Crippen molar-refractivity contribution in [1.29, 1.82) is 0 Å². The van der Waals surface area contributed by atoms with Crippen LogP contribution in [0.4, 0.5) is 4.79 Å². The lowest BCUT2D eigenvalue weighted by molar-refractivity contribution is 0.0231. The van der Waals surface area contributed by atoms with Crippen molar-refractivity contribution in [3.8, 4) is 0 Å². The minimum Gasteiger partial charge on any atom is -0.322 e. The van der Waals surface area contributed by atoms with Crippen molar-refractivity contribution in [1.82, 2.24) is 20.0 Å². The van der Waals surface area contributed by atoms with Gasteiger partial charge in [-0.1, -0.05) is 30.3 Å². The number of piperidine rings is 1. The van der Waals surface area contributed by atoms with Gasteiger partial charge in [-0.05, 0) is 96.0 Å². The van der Waals surface area contributed by atoms with Crippen LogP contribution in [0.5, 0.6) is 0 Å². The molecule has 1 aromatic rings. The summed E-state index contributed by atoms with van der Waals surface area (Å²) in [5, 5.41) is 3.47. The van der Waals surface area contributed by atoms with Crippen LogP contribution in [0.1, 0.15) is 56.9 Å². The first-order chi connectivity index (χ1) is 15.0. The highest BCUT2D eigenvalue weighted by atomic mass is 16.2. The first-order valence-corrected chi connectivity index (χ1v) is 12.5. The molecule has 4 fully saturated rings. The molecule has 0 atom stereocenters. The molecule has 2 saturated heterocycles. The molecule has 5 nitrogen and oxygen atoms in total. The zero-order valence-corrected chi connectivity index (χ0v) is 19.5. The summed E-state index contributed by atoms with van der Waals surface area (Å²) in [4.78, 5) is 20.6. The van der Waals surface area contributed by atoms with Crippen molar-refractivity contribution in [3.05, 3.63) is 35.9 Å². The molecule has 2 heterocycles. The van der Waals surface area contributed by atoms with Crippen molar-refractivity contribution in [2.45, 2.75) is 62.4 Å². The van der Waals surface area contributed by atoms with E-state index in [2.05, 4.69) is 64.4 Å². The largest absolute Gasteiger partial charge is 0.322 e. The van der Waals surface area contributed by atoms with E-state index in [1.54, 1.807) is 0 Å². The molecule has 5 rings (SSSR count). The predicted molar refractivity (Wildman–Crippen MR) is 125 cm³/mol.